The van der Waals surface area contributed by atoms with Crippen molar-refractivity contribution >= 4 is 23.4 Å². The molecule has 0 atom stereocenters. The first-order valence-electron chi connectivity index (χ1n) is 10.3. The Kier molecular flexibility index (Phi) is 6.36. The summed E-state index contributed by atoms with van der Waals surface area (Å²) in [7, 11) is 0. The molecule has 8 nitrogen and oxygen atoms in total. The molecule has 0 bridgehead atoms. The number of rotatable bonds is 7. The van der Waals surface area contributed by atoms with Gasteiger partial charge in [-0.05, 0) is 47.5 Å². The molecule has 0 fully saturated rings. The van der Waals surface area contributed by atoms with E-state index in [-0.39, 0.29) is 19.0 Å². The monoisotopic (exact) mass is 441 g/mol. The highest BCUT2D eigenvalue weighted by Gasteiger charge is 2.14. The van der Waals surface area contributed by atoms with E-state index >= 15 is 0 Å². The number of hydrogen-bond donors (Lipinski definition) is 3. The third kappa shape index (κ3) is 5.37. The van der Waals surface area contributed by atoms with Gasteiger partial charge in [0.2, 0.25) is 0 Å². The van der Waals surface area contributed by atoms with Crippen LogP contribution in [0.5, 0.6) is 0 Å². The Morgan fingerprint density at radius 2 is 1.58 bits per heavy atom. The van der Waals surface area contributed by atoms with E-state index in [0.717, 1.165) is 16.8 Å². The fourth-order valence-corrected chi connectivity index (χ4v) is 3.38. The average molecular weight is 441 g/mol. The van der Waals surface area contributed by atoms with Crippen LogP contribution in [0.1, 0.15) is 21.5 Å². The van der Waals surface area contributed by atoms with Crippen molar-refractivity contribution in [2.24, 2.45) is 0 Å². The largest absolute Gasteiger partial charge is 0.465 e. The number of nitrogens with one attached hydrogen (secondary N) is 1. The summed E-state index contributed by atoms with van der Waals surface area (Å²) in [4.78, 5) is 29.6. The lowest BCUT2D eigenvalue weighted by Gasteiger charge is -2.20. The number of imidazole rings is 1. The summed E-state index contributed by atoms with van der Waals surface area (Å²) in [6, 6.07) is 21.5. The standard InChI is InChI=1S/C25H23N5O3/c26-22-3-1-2-4-23(22)28-24(31)20-9-5-18(6-10-20)15-30(25(32)33)16-19-7-11-21(12-8-19)29-14-13-27-17-29/h1-14,17H,15-16,26H2,(H,28,31)(H,32,33). The van der Waals surface area contributed by atoms with Gasteiger partial charge in [-0.3, -0.25) is 9.69 Å². The summed E-state index contributed by atoms with van der Waals surface area (Å²) in [5.41, 5.74) is 9.96. The lowest BCUT2D eigenvalue weighted by molar-refractivity contribution is 0.102. The maximum atomic E-state index is 12.5. The zero-order chi connectivity index (χ0) is 23.2. The fraction of sp³-hybridized carbons (Fsp3) is 0.0800. The quantitative estimate of drug-likeness (QED) is 0.368. The Labute approximate surface area is 190 Å². The molecule has 0 saturated heterocycles. The van der Waals surface area contributed by atoms with E-state index in [1.54, 1.807) is 61.1 Å². The molecule has 2 amide bonds. The van der Waals surface area contributed by atoms with E-state index in [2.05, 4.69) is 10.3 Å². The number of benzene rings is 3. The molecular weight excluding hydrogens is 418 g/mol. The van der Waals surface area contributed by atoms with Crippen LogP contribution in [0.25, 0.3) is 5.69 Å². The lowest BCUT2D eigenvalue weighted by Crippen LogP contribution is -2.28. The molecule has 0 aliphatic rings. The smallest absolute Gasteiger partial charge is 0.407 e. The zero-order valence-electron chi connectivity index (χ0n) is 17.8. The number of para-hydroxylation sites is 2. The zero-order valence-corrected chi connectivity index (χ0v) is 17.8. The number of amides is 2. The van der Waals surface area contributed by atoms with Gasteiger partial charge in [0, 0.05) is 36.7 Å². The Morgan fingerprint density at radius 1 is 0.939 bits per heavy atom. The minimum absolute atomic E-state index is 0.201. The van der Waals surface area contributed by atoms with Crippen molar-refractivity contribution in [3.8, 4) is 5.69 Å². The minimum Gasteiger partial charge on any atom is -0.465 e. The number of carbonyl (C=O) groups is 2. The van der Waals surface area contributed by atoms with Crippen LogP contribution in [0.2, 0.25) is 0 Å². The Balaban J connectivity index is 1.40. The summed E-state index contributed by atoms with van der Waals surface area (Å²) < 4.78 is 1.88. The highest BCUT2D eigenvalue weighted by molar-refractivity contribution is 6.05. The van der Waals surface area contributed by atoms with Gasteiger partial charge in [0.25, 0.3) is 5.91 Å². The summed E-state index contributed by atoms with van der Waals surface area (Å²) in [5.74, 6) is -0.285. The van der Waals surface area contributed by atoms with Crippen molar-refractivity contribution in [2.75, 3.05) is 11.1 Å². The lowest BCUT2D eigenvalue weighted by atomic mass is 10.1. The van der Waals surface area contributed by atoms with Crippen molar-refractivity contribution in [3.63, 3.8) is 0 Å². The predicted octanol–water partition coefficient (Wildman–Crippen LogP) is 4.39. The molecular formula is C25H23N5O3. The van der Waals surface area contributed by atoms with Crippen LogP contribution in [-0.4, -0.2) is 31.6 Å². The molecule has 0 saturated carbocycles. The van der Waals surface area contributed by atoms with Crippen LogP contribution >= 0.6 is 0 Å². The van der Waals surface area contributed by atoms with E-state index in [9.17, 15) is 14.7 Å². The highest BCUT2D eigenvalue weighted by atomic mass is 16.4. The van der Waals surface area contributed by atoms with E-state index < -0.39 is 6.09 Å². The van der Waals surface area contributed by atoms with Crippen LogP contribution in [0.4, 0.5) is 16.2 Å². The van der Waals surface area contributed by atoms with Crippen LogP contribution in [0.3, 0.4) is 0 Å². The first-order chi connectivity index (χ1) is 16.0. The average Bonchev–Trinajstić information content (AvgIpc) is 3.36. The molecule has 0 aliphatic heterocycles. The van der Waals surface area contributed by atoms with Gasteiger partial charge < -0.3 is 20.7 Å². The molecule has 33 heavy (non-hydrogen) atoms. The van der Waals surface area contributed by atoms with Gasteiger partial charge in [-0.2, -0.15) is 0 Å². The molecule has 1 heterocycles. The molecule has 4 rings (SSSR count). The number of anilines is 2. The predicted molar refractivity (Wildman–Crippen MR) is 126 cm³/mol. The second-order valence-electron chi connectivity index (χ2n) is 7.51. The molecule has 4 N–H and O–H groups in total. The Hall–Kier alpha value is -4.59. The summed E-state index contributed by atoms with van der Waals surface area (Å²) in [5, 5.41) is 12.4. The highest BCUT2D eigenvalue weighted by Crippen LogP contribution is 2.19. The van der Waals surface area contributed by atoms with Crippen molar-refractivity contribution < 1.29 is 14.7 Å². The van der Waals surface area contributed by atoms with Gasteiger partial charge in [0.15, 0.2) is 0 Å². The molecule has 166 valence electrons. The molecule has 0 radical (unpaired) electrons. The van der Waals surface area contributed by atoms with Gasteiger partial charge in [-0.1, -0.05) is 36.4 Å². The SMILES string of the molecule is Nc1ccccc1NC(=O)c1ccc(CN(Cc2ccc(-n3ccnc3)cc2)C(=O)O)cc1. The molecule has 0 aliphatic carbocycles. The van der Waals surface area contributed by atoms with Crippen molar-refractivity contribution in [1.82, 2.24) is 14.5 Å². The van der Waals surface area contributed by atoms with Crippen LogP contribution in [0.15, 0.2) is 91.5 Å². The topological polar surface area (TPSA) is 113 Å². The van der Waals surface area contributed by atoms with Gasteiger partial charge in [-0.15, -0.1) is 0 Å². The summed E-state index contributed by atoms with van der Waals surface area (Å²) in [6.45, 7) is 0.446. The molecule has 4 aromatic rings. The van der Waals surface area contributed by atoms with Gasteiger partial charge in [-0.25, -0.2) is 9.78 Å². The van der Waals surface area contributed by atoms with Crippen LogP contribution < -0.4 is 11.1 Å². The first-order valence-corrected chi connectivity index (χ1v) is 10.3. The van der Waals surface area contributed by atoms with E-state index in [4.69, 9.17) is 5.73 Å². The van der Waals surface area contributed by atoms with Crippen molar-refractivity contribution in [2.45, 2.75) is 13.1 Å². The number of nitrogens with two attached hydrogens (primary N) is 1. The molecule has 0 unspecified atom stereocenters. The number of hydrogen-bond acceptors (Lipinski definition) is 4. The number of carbonyl (C=O) groups excluding carboxylic acids is 1. The summed E-state index contributed by atoms with van der Waals surface area (Å²) in [6.07, 6.45) is 4.23. The van der Waals surface area contributed by atoms with E-state index in [0.29, 0.717) is 16.9 Å². The van der Waals surface area contributed by atoms with E-state index in [1.165, 1.54) is 4.90 Å². The van der Waals surface area contributed by atoms with Gasteiger partial charge in [0.1, 0.15) is 0 Å². The normalized spacial score (nSPS) is 10.5. The maximum Gasteiger partial charge on any atom is 0.407 e. The van der Waals surface area contributed by atoms with Crippen molar-refractivity contribution in [1.29, 1.82) is 0 Å². The van der Waals surface area contributed by atoms with Gasteiger partial charge >= 0.3 is 6.09 Å². The van der Waals surface area contributed by atoms with E-state index in [1.807, 2.05) is 35.0 Å². The van der Waals surface area contributed by atoms with Crippen molar-refractivity contribution in [3.05, 3.63) is 108 Å². The minimum atomic E-state index is -1.02. The molecule has 8 heteroatoms. The number of aromatic nitrogens is 2. The fourth-order valence-electron chi connectivity index (χ4n) is 3.38. The second kappa shape index (κ2) is 9.69. The maximum absolute atomic E-state index is 12.5. The second-order valence-corrected chi connectivity index (χ2v) is 7.51. The number of nitrogens with zero attached hydrogens (tertiary/aromatic N) is 3. The summed E-state index contributed by atoms with van der Waals surface area (Å²) >= 11 is 0. The molecule has 3 aromatic carbocycles. The third-order valence-electron chi connectivity index (χ3n) is 5.18. The number of carboxylic acid groups (broad SMARTS) is 1. The Morgan fingerprint density at radius 3 is 2.15 bits per heavy atom. The van der Waals surface area contributed by atoms with Gasteiger partial charge in [0.05, 0.1) is 17.7 Å². The Bertz CT molecular complexity index is 1240. The van der Waals surface area contributed by atoms with Crippen LogP contribution in [0, 0.1) is 0 Å². The number of nitrogen functional groups attached to an aromatic ring is 1. The first kappa shape index (κ1) is 21.6. The molecule has 0 spiro atoms. The third-order valence-corrected chi connectivity index (χ3v) is 5.18. The van der Waals surface area contributed by atoms with Crippen LogP contribution in [-0.2, 0) is 13.1 Å². The molecule has 1 aromatic heterocycles.